The van der Waals surface area contributed by atoms with Gasteiger partial charge in [-0.3, -0.25) is 4.79 Å². The summed E-state index contributed by atoms with van der Waals surface area (Å²) in [6.45, 7) is 4.33. The van der Waals surface area contributed by atoms with Gasteiger partial charge in [-0.05, 0) is 66.9 Å². The number of hydrogen-bond acceptors (Lipinski definition) is 4. The Labute approximate surface area is 231 Å². The molecule has 0 aliphatic carbocycles. The summed E-state index contributed by atoms with van der Waals surface area (Å²) in [5, 5.41) is 17.3. The van der Waals surface area contributed by atoms with Crippen molar-refractivity contribution in [2.75, 3.05) is 11.9 Å². The molecule has 4 aromatic rings. The smallest absolute Gasteiger partial charge is 0.322 e. The van der Waals surface area contributed by atoms with Gasteiger partial charge in [-0.15, -0.1) is 0 Å². The molecule has 0 unspecified atom stereocenters. The van der Waals surface area contributed by atoms with Crippen molar-refractivity contribution < 1.29 is 14.7 Å². The van der Waals surface area contributed by atoms with Gasteiger partial charge < -0.3 is 25.6 Å². The highest BCUT2D eigenvalue weighted by Crippen LogP contribution is 2.27. The van der Waals surface area contributed by atoms with E-state index in [-0.39, 0.29) is 24.5 Å². The zero-order valence-corrected chi connectivity index (χ0v) is 22.6. The number of H-pyrrole nitrogens is 1. The van der Waals surface area contributed by atoms with Crippen LogP contribution in [-0.2, 0) is 6.54 Å². The number of fused-ring (bicyclic) bond motifs is 1. The monoisotopic (exact) mass is 553 g/mol. The number of benzene rings is 3. The van der Waals surface area contributed by atoms with E-state index in [2.05, 4.69) is 20.6 Å². The molecule has 4 N–H and O–H groups in total. The lowest BCUT2D eigenvalue weighted by molar-refractivity contribution is 0.0951. The number of carbonyl (C=O) groups excluding carboxylic acids is 2. The molecule has 2 atom stereocenters. The molecule has 4 rings (SSSR count). The van der Waals surface area contributed by atoms with Crippen molar-refractivity contribution in [2.45, 2.75) is 39.0 Å². The Morgan fingerprint density at radius 2 is 1.82 bits per heavy atom. The molecule has 38 heavy (non-hydrogen) atoms. The van der Waals surface area contributed by atoms with Gasteiger partial charge >= 0.3 is 6.03 Å². The van der Waals surface area contributed by atoms with Crippen molar-refractivity contribution in [2.24, 2.45) is 0 Å². The Bertz CT molecular complexity index is 1420. The molecule has 1 aromatic heterocycles. The fraction of sp³-hybridized carbons (Fsp3) is 0.250. The topological polar surface area (TPSA) is 110 Å². The van der Waals surface area contributed by atoms with Crippen molar-refractivity contribution in [1.82, 2.24) is 20.2 Å². The number of urea groups is 1. The van der Waals surface area contributed by atoms with Gasteiger partial charge in [-0.1, -0.05) is 48.3 Å². The molecular formula is C28H29Cl2N5O3. The predicted molar refractivity (Wildman–Crippen MR) is 151 cm³/mol. The Hall–Kier alpha value is -3.59. The van der Waals surface area contributed by atoms with Crippen molar-refractivity contribution in [3.05, 3.63) is 93.7 Å². The molecule has 0 radical (unpaired) electrons. The van der Waals surface area contributed by atoms with E-state index in [9.17, 15) is 14.7 Å². The summed E-state index contributed by atoms with van der Waals surface area (Å²) in [5.74, 6) is -0.191. The van der Waals surface area contributed by atoms with Crippen LogP contribution in [0.5, 0.6) is 0 Å². The number of carbonyl (C=O) groups is 2. The molecule has 3 aromatic carbocycles. The Kier molecular flexibility index (Phi) is 8.89. The summed E-state index contributed by atoms with van der Waals surface area (Å²) in [5.41, 5.74) is 4.21. The number of aromatic amines is 1. The first-order valence-electron chi connectivity index (χ1n) is 12.3. The number of nitrogens with zero attached hydrogens (tertiary/aromatic N) is 2. The summed E-state index contributed by atoms with van der Waals surface area (Å²) in [7, 11) is 0. The highest BCUT2D eigenvalue weighted by Gasteiger charge is 2.23. The molecule has 8 nitrogen and oxygen atoms in total. The van der Waals surface area contributed by atoms with Gasteiger partial charge in [0.2, 0.25) is 0 Å². The second kappa shape index (κ2) is 12.3. The van der Waals surface area contributed by atoms with Crippen LogP contribution in [0.15, 0.2) is 67.0 Å². The molecule has 3 amide bonds. The van der Waals surface area contributed by atoms with Gasteiger partial charge in [0, 0.05) is 23.8 Å². The maximum absolute atomic E-state index is 13.1. The number of nitrogens with one attached hydrogen (secondary N) is 3. The predicted octanol–water partition coefficient (Wildman–Crippen LogP) is 6.17. The summed E-state index contributed by atoms with van der Waals surface area (Å²) in [6, 6.07) is 17.0. The molecule has 0 saturated heterocycles. The fourth-order valence-corrected chi connectivity index (χ4v) is 4.26. The van der Waals surface area contributed by atoms with Crippen LogP contribution < -0.4 is 10.6 Å². The molecule has 0 saturated carbocycles. The van der Waals surface area contributed by atoms with Gasteiger partial charge in [0.05, 0.1) is 40.1 Å². The molecule has 0 spiro atoms. The van der Waals surface area contributed by atoms with Gasteiger partial charge in [-0.2, -0.15) is 0 Å². The molecule has 0 aliphatic rings. The highest BCUT2D eigenvalue weighted by molar-refractivity contribution is 6.42. The van der Waals surface area contributed by atoms with E-state index in [0.717, 1.165) is 16.6 Å². The molecule has 0 aliphatic heterocycles. The molecule has 0 fully saturated rings. The molecule has 10 heteroatoms. The van der Waals surface area contributed by atoms with Crippen molar-refractivity contribution >= 4 is 51.9 Å². The zero-order chi connectivity index (χ0) is 27.2. The normalized spacial score (nSPS) is 12.7. The summed E-state index contributed by atoms with van der Waals surface area (Å²) >= 11 is 12.1. The fourth-order valence-electron chi connectivity index (χ4n) is 3.96. The highest BCUT2D eigenvalue weighted by atomic mass is 35.5. The maximum atomic E-state index is 13.1. The third-order valence-electron chi connectivity index (χ3n) is 6.42. The van der Waals surface area contributed by atoms with Crippen molar-refractivity contribution in [3.8, 4) is 0 Å². The third-order valence-corrected chi connectivity index (χ3v) is 7.16. The Balaban J connectivity index is 1.35. The first-order chi connectivity index (χ1) is 18.2. The van der Waals surface area contributed by atoms with Gasteiger partial charge in [0.15, 0.2) is 0 Å². The number of amides is 3. The minimum absolute atomic E-state index is 0.0905. The van der Waals surface area contributed by atoms with Gasteiger partial charge in [0.25, 0.3) is 5.91 Å². The average molecular weight is 554 g/mol. The van der Waals surface area contributed by atoms with Crippen LogP contribution in [0.25, 0.3) is 11.0 Å². The van der Waals surface area contributed by atoms with Crippen LogP contribution >= 0.6 is 23.2 Å². The first kappa shape index (κ1) is 27.4. The van der Waals surface area contributed by atoms with Crippen LogP contribution in [0.1, 0.15) is 47.9 Å². The van der Waals surface area contributed by atoms with E-state index in [1.165, 1.54) is 0 Å². The van der Waals surface area contributed by atoms with Crippen LogP contribution in [-0.4, -0.2) is 44.5 Å². The number of aliphatic hydroxyl groups is 1. The van der Waals surface area contributed by atoms with E-state index in [1.807, 2.05) is 26.0 Å². The minimum Gasteiger partial charge on any atom is -0.387 e. The van der Waals surface area contributed by atoms with Crippen molar-refractivity contribution in [1.29, 1.82) is 0 Å². The van der Waals surface area contributed by atoms with Crippen LogP contribution in [0.4, 0.5) is 10.5 Å². The number of aliphatic hydroxyl groups excluding tert-OH is 1. The second-order valence-corrected chi connectivity index (χ2v) is 9.86. The molecule has 198 valence electrons. The third kappa shape index (κ3) is 6.64. The van der Waals surface area contributed by atoms with E-state index < -0.39 is 6.10 Å². The van der Waals surface area contributed by atoms with E-state index in [0.29, 0.717) is 39.8 Å². The molecule has 0 bridgehead atoms. The van der Waals surface area contributed by atoms with Crippen LogP contribution in [0.3, 0.4) is 0 Å². The Morgan fingerprint density at radius 3 is 2.53 bits per heavy atom. The Morgan fingerprint density at radius 1 is 1.05 bits per heavy atom. The maximum Gasteiger partial charge on any atom is 0.322 e. The number of anilines is 1. The summed E-state index contributed by atoms with van der Waals surface area (Å²) in [4.78, 5) is 34.4. The number of imidazole rings is 1. The lowest BCUT2D eigenvalue weighted by Crippen LogP contribution is -2.43. The first-order valence-corrected chi connectivity index (χ1v) is 13.0. The van der Waals surface area contributed by atoms with Gasteiger partial charge in [-0.25, -0.2) is 9.78 Å². The van der Waals surface area contributed by atoms with Gasteiger partial charge in [0.1, 0.15) is 0 Å². The van der Waals surface area contributed by atoms with Crippen LogP contribution in [0.2, 0.25) is 10.0 Å². The number of halogens is 2. The largest absolute Gasteiger partial charge is 0.387 e. The van der Waals surface area contributed by atoms with E-state index in [1.54, 1.807) is 59.8 Å². The average Bonchev–Trinajstić information content (AvgIpc) is 3.40. The number of hydrogen-bond donors (Lipinski definition) is 4. The van der Waals surface area contributed by atoms with Crippen LogP contribution in [0, 0.1) is 0 Å². The quantitative estimate of drug-likeness (QED) is 0.199. The molecule has 1 heterocycles. The second-order valence-electron chi connectivity index (χ2n) is 9.04. The lowest BCUT2D eigenvalue weighted by Gasteiger charge is -2.31. The summed E-state index contributed by atoms with van der Waals surface area (Å²) < 4.78 is 0. The standard InChI is InChI=1S/C28H29Cl2N5O3/c1-3-17(2)35(15-26(36)19-6-10-22(29)23(30)12-19)28(38)34-21-8-4-18(5-9-21)14-31-27(37)20-7-11-24-25(13-20)33-16-32-24/h4-13,16-17,26,36H,3,14-15H2,1-2H3,(H,31,37)(H,32,33)(H,34,38)/t17-,26+/m0/s1. The number of rotatable bonds is 9. The van der Waals surface area contributed by atoms with Crippen molar-refractivity contribution in [3.63, 3.8) is 0 Å². The summed E-state index contributed by atoms with van der Waals surface area (Å²) in [6.07, 6.45) is 1.38. The minimum atomic E-state index is -0.926. The lowest BCUT2D eigenvalue weighted by atomic mass is 10.1. The van der Waals surface area contributed by atoms with E-state index >= 15 is 0 Å². The number of aromatic nitrogens is 2. The molecular weight excluding hydrogens is 525 g/mol. The SMILES string of the molecule is CC[C@H](C)N(C[C@@H](O)c1ccc(Cl)c(Cl)c1)C(=O)Nc1ccc(CNC(=O)c2ccc3nc[nH]c3c2)cc1. The zero-order valence-electron chi connectivity index (χ0n) is 21.0. The van der Waals surface area contributed by atoms with E-state index in [4.69, 9.17) is 23.2 Å².